The minimum absolute atomic E-state index is 0.142. The van der Waals surface area contributed by atoms with Crippen LogP contribution in [0.4, 0.5) is 5.69 Å². The number of likely N-dealkylation sites (N-methyl/N-ethyl adjacent to an activating group) is 1. The number of methoxy groups -OCH3 is 1. The normalized spacial score (nSPS) is 11.8. The second-order valence-electron chi connectivity index (χ2n) is 6.70. The molecule has 0 aliphatic carbocycles. The molecule has 0 aliphatic heterocycles. The van der Waals surface area contributed by atoms with Crippen LogP contribution >= 0.6 is 0 Å². The molecule has 152 valence electrons. The highest BCUT2D eigenvalue weighted by Crippen LogP contribution is 2.18. The number of amides is 1. The van der Waals surface area contributed by atoms with Crippen molar-refractivity contribution in [3.05, 3.63) is 77.6 Å². The number of aromatic nitrogens is 2. The summed E-state index contributed by atoms with van der Waals surface area (Å²) in [7, 11) is 5.22. The van der Waals surface area contributed by atoms with Crippen LogP contribution < -0.4 is 15.4 Å². The smallest absolute Gasteiger partial charge is 0.246 e. The molecule has 2 N–H and O–H groups in total. The van der Waals surface area contributed by atoms with E-state index in [1.165, 1.54) is 0 Å². The SMILES string of the molecule is CNC(C(=O)Nc1cccc(COCc2ccc(OC)cc2)c1)c1cnn(C)c1. The first-order valence-corrected chi connectivity index (χ1v) is 9.35. The molecule has 0 saturated heterocycles. The molecule has 0 saturated carbocycles. The van der Waals surface area contributed by atoms with Crippen LogP contribution in [0.25, 0.3) is 0 Å². The second kappa shape index (κ2) is 9.86. The van der Waals surface area contributed by atoms with Crippen molar-refractivity contribution in [3.8, 4) is 5.75 Å². The summed E-state index contributed by atoms with van der Waals surface area (Å²) >= 11 is 0. The van der Waals surface area contributed by atoms with Crippen LogP contribution in [0, 0.1) is 0 Å². The molecule has 2 aromatic carbocycles. The number of nitrogens with zero attached hydrogens (tertiary/aromatic N) is 2. The molecule has 7 heteroatoms. The molecule has 0 spiro atoms. The molecule has 0 bridgehead atoms. The summed E-state index contributed by atoms with van der Waals surface area (Å²) in [6, 6.07) is 15.0. The van der Waals surface area contributed by atoms with E-state index in [9.17, 15) is 4.79 Å². The first-order valence-electron chi connectivity index (χ1n) is 9.35. The molecule has 1 atom stereocenters. The average Bonchev–Trinajstić information content (AvgIpc) is 3.15. The van der Waals surface area contributed by atoms with E-state index >= 15 is 0 Å². The van der Waals surface area contributed by atoms with Crippen LogP contribution in [-0.2, 0) is 29.8 Å². The third-order valence-electron chi connectivity index (χ3n) is 4.50. The number of rotatable bonds is 9. The summed E-state index contributed by atoms with van der Waals surface area (Å²) < 4.78 is 12.6. The van der Waals surface area contributed by atoms with E-state index in [2.05, 4.69) is 15.7 Å². The molecule has 1 amide bonds. The van der Waals surface area contributed by atoms with Crippen molar-refractivity contribution in [2.24, 2.45) is 7.05 Å². The summed E-state index contributed by atoms with van der Waals surface area (Å²) in [5.41, 5.74) is 3.60. The van der Waals surface area contributed by atoms with Gasteiger partial charge in [0.25, 0.3) is 0 Å². The van der Waals surface area contributed by atoms with E-state index in [4.69, 9.17) is 9.47 Å². The molecule has 0 aliphatic rings. The van der Waals surface area contributed by atoms with Crippen LogP contribution in [0.2, 0.25) is 0 Å². The van der Waals surface area contributed by atoms with Crippen LogP contribution in [0.1, 0.15) is 22.7 Å². The van der Waals surface area contributed by atoms with E-state index in [1.807, 2.05) is 61.8 Å². The highest BCUT2D eigenvalue weighted by molar-refractivity contribution is 5.95. The van der Waals surface area contributed by atoms with Gasteiger partial charge in [0, 0.05) is 24.5 Å². The minimum atomic E-state index is -0.473. The van der Waals surface area contributed by atoms with Crippen molar-refractivity contribution < 1.29 is 14.3 Å². The standard InChI is InChI=1S/C22H26N4O3/c1-23-21(18-12-24-26(2)13-18)22(27)25-19-6-4-5-17(11-19)15-29-14-16-7-9-20(28-3)10-8-16/h4-13,21,23H,14-15H2,1-3H3,(H,25,27). The monoisotopic (exact) mass is 394 g/mol. The van der Waals surface area contributed by atoms with Crippen LogP contribution in [0.3, 0.4) is 0 Å². The quantitative estimate of drug-likeness (QED) is 0.583. The lowest BCUT2D eigenvalue weighted by molar-refractivity contribution is -0.118. The number of hydrogen-bond acceptors (Lipinski definition) is 5. The lowest BCUT2D eigenvalue weighted by Crippen LogP contribution is -2.30. The van der Waals surface area contributed by atoms with Gasteiger partial charge in [-0.25, -0.2) is 0 Å². The van der Waals surface area contributed by atoms with Crippen molar-refractivity contribution in [1.82, 2.24) is 15.1 Å². The largest absolute Gasteiger partial charge is 0.497 e. The van der Waals surface area contributed by atoms with E-state index in [-0.39, 0.29) is 5.91 Å². The van der Waals surface area contributed by atoms with E-state index in [1.54, 1.807) is 25.0 Å². The number of nitrogens with one attached hydrogen (secondary N) is 2. The molecule has 0 radical (unpaired) electrons. The van der Waals surface area contributed by atoms with Crippen LogP contribution in [-0.4, -0.2) is 29.8 Å². The molecule has 7 nitrogen and oxygen atoms in total. The topological polar surface area (TPSA) is 77.4 Å². The Morgan fingerprint density at radius 1 is 1.14 bits per heavy atom. The fourth-order valence-corrected chi connectivity index (χ4v) is 3.00. The number of aryl methyl sites for hydroxylation is 1. The Morgan fingerprint density at radius 3 is 2.55 bits per heavy atom. The van der Waals surface area contributed by atoms with Gasteiger partial charge >= 0.3 is 0 Å². The zero-order valence-electron chi connectivity index (χ0n) is 16.9. The second-order valence-corrected chi connectivity index (χ2v) is 6.70. The van der Waals surface area contributed by atoms with Crippen LogP contribution in [0.5, 0.6) is 5.75 Å². The number of ether oxygens (including phenoxy) is 2. The first-order chi connectivity index (χ1) is 14.1. The molecule has 3 rings (SSSR count). The Labute approximate surface area is 170 Å². The Morgan fingerprint density at radius 2 is 1.90 bits per heavy atom. The summed E-state index contributed by atoms with van der Waals surface area (Å²) in [4.78, 5) is 12.7. The van der Waals surface area contributed by atoms with Gasteiger partial charge in [0.1, 0.15) is 11.8 Å². The van der Waals surface area contributed by atoms with Crippen molar-refractivity contribution in [1.29, 1.82) is 0 Å². The van der Waals surface area contributed by atoms with Gasteiger partial charge in [0.15, 0.2) is 0 Å². The fourth-order valence-electron chi connectivity index (χ4n) is 3.00. The molecule has 29 heavy (non-hydrogen) atoms. The molecule has 1 unspecified atom stereocenters. The maximum absolute atomic E-state index is 12.7. The summed E-state index contributed by atoms with van der Waals surface area (Å²) in [6.07, 6.45) is 3.51. The zero-order chi connectivity index (χ0) is 20.6. The van der Waals surface area contributed by atoms with Gasteiger partial charge < -0.3 is 20.1 Å². The Hall–Kier alpha value is -3.16. The van der Waals surface area contributed by atoms with Gasteiger partial charge in [-0.15, -0.1) is 0 Å². The van der Waals surface area contributed by atoms with Crippen LogP contribution in [0.15, 0.2) is 60.9 Å². The van der Waals surface area contributed by atoms with Crippen molar-refractivity contribution in [2.75, 3.05) is 19.5 Å². The first kappa shape index (κ1) is 20.6. The van der Waals surface area contributed by atoms with E-state index < -0.39 is 6.04 Å². The highest BCUT2D eigenvalue weighted by atomic mass is 16.5. The third kappa shape index (κ3) is 5.66. The van der Waals surface area contributed by atoms with Crippen molar-refractivity contribution in [3.63, 3.8) is 0 Å². The molecule has 1 heterocycles. The van der Waals surface area contributed by atoms with Gasteiger partial charge in [0.05, 0.1) is 26.5 Å². The van der Waals surface area contributed by atoms with E-state index in [0.29, 0.717) is 13.2 Å². The number of carbonyl (C=O) groups excluding carboxylic acids is 1. The maximum Gasteiger partial charge on any atom is 0.246 e. The lowest BCUT2D eigenvalue weighted by atomic mass is 10.1. The van der Waals surface area contributed by atoms with Gasteiger partial charge in [-0.3, -0.25) is 9.48 Å². The van der Waals surface area contributed by atoms with Gasteiger partial charge in [-0.2, -0.15) is 5.10 Å². The zero-order valence-corrected chi connectivity index (χ0v) is 16.9. The Balaban J connectivity index is 1.56. The number of hydrogen-bond donors (Lipinski definition) is 2. The summed E-state index contributed by atoms with van der Waals surface area (Å²) in [6.45, 7) is 0.956. The van der Waals surface area contributed by atoms with Gasteiger partial charge in [0.2, 0.25) is 5.91 Å². The van der Waals surface area contributed by atoms with Crippen molar-refractivity contribution in [2.45, 2.75) is 19.3 Å². The fraction of sp³-hybridized carbons (Fsp3) is 0.273. The number of carbonyl (C=O) groups is 1. The number of benzene rings is 2. The Kier molecular flexibility index (Phi) is 6.99. The summed E-state index contributed by atoms with van der Waals surface area (Å²) in [5.74, 6) is 0.681. The highest BCUT2D eigenvalue weighted by Gasteiger charge is 2.20. The molecular weight excluding hydrogens is 368 g/mol. The predicted octanol–water partition coefficient (Wildman–Crippen LogP) is 3.04. The molecular formula is C22H26N4O3. The van der Waals surface area contributed by atoms with Crippen molar-refractivity contribution >= 4 is 11.6 Å². The Bertz CT molecular complexity index is 937. The summed E-state index contributed by atoms with van der Waals surface area (Å²) in [5, 5.41) is 10.1. The third-order valence-corrected chi connectivity index (χ3v) is 4.50. The van der Waals surface area contributed by atoms with Gasteiger partial charge in [-0.05, 0) is 42.4 Å². The lowest BCUT2D eigenvalue weighted by Gasteiger charge is -2.15. The molecule has 0 fully saturated rings. The molecule has 1 aromatic heterocycles. The van der Waals surface area contributed by atoms with Gasteiger partial charge in [-0.1, -0.05) is 24.3 Å². The average molecular weight is 394 g/mol. The molecule has 3 aromatic rings. The van der Waals surface area contributed by atoms with E-state index in [0.717, 1.165) is 28.1 Å². The number of anilines is 1. The maximum atomic E-state index is 12.7. The minimum Gasteiger partial charge on any atom is -0.497 e. The predicted molar refractivity (Wildman–Crippen MR) is 112 cm³/mol.